The quantitative estimate of drug-likeness (QED) is 0.114. The van der Waals surface area contributed by atoms with Crippen LogP contribution in [0.1, 0.15) is 0 Å². The summed E-state index contributed by atoms with van der Waals surface area (Å²) in [6, 6.07) is 0. The fourth-order valence-corrected chi connectivity index (χ4v) is 0. The maximum atomic E-state index is 8.66. The van der Waals surface area contributed by atoms with Crippen molar-refractivity contribution in [1.82, 2.24) is 0 Å². The Balaban J connectivity index is -0.00000000833. The molecular formula is H12Al3Mg3O26P5. The third-order valence-electron chi connectivity index (χ3n) is 0. The van der Waals surface area contributed by atoms with E-state index in [1.807, 2.05) is 0 Å². The predicted octanol–water partition coefficient (Wildman–Crippen LogP) is -15.0. The summed E-state index contributed by atoms with van der Waals surface area (Å²) in [5.41, 5.74) is 0. The van der Waals surface area contributed by atoms with E-state index in [-0.39, 0.29) is 154 Å². The fourth-order valence-electron chi connectivity index (χ4n) is 0. The average molecular weight is 737 g/mol. The molecule has 0 unspecified atom stereocenters. The van der Waals surface area contributed by atoms with Crippen molar-refractivity contribution >= 4 is 160 Å². The first-order chi connectivity index (χ1) is 10.0. The van der Waals surface area contributed by atoms with Crippen molar-refractivity contribution in [2.75, 3.05) is 0 Å². The van der Waals surface area contributed by atoms with Crippen LogP contribution < -0.4 is 48.9 Å². The zero-order valence-corrected chi connectivity index (χ0v) is 29.4. The molecule has 12 N–H and O–H groups in total. The van der Waals surface area contributed by atoms with Gasteiger partial charge < -0.3 is 129 Å². The number of hydrogen-bond donors (Lipinski definition) is 5. The van der Waals surface area contributed by atoms with E-state index in [2.05, 4.69) is 0 Å². The van der Waals surface area contributed by atoms with Gasteiger partial charge in [0, 0.05) is 0 Å². The molecule has 0 aromatic carbocycles. The molecule has 0 radical (unpaired) electrons. The molecule has 0 aliphatic heterocycles. The minimum Gasteiger partial charge on any atom is -0.870 e. The van der Waals surface area contributed by atoms with Crippen molar-refractivity contribution in [3.8, 4) is 0 Å². The van der Waals surface area contributed by atoms with Crippen LogP contribution in [0.15, 0.2) is 0 Å². The molecule has 0 aliphatic rings. The van der Waals surface area contributed by atoms with E-state index in [0.717, 1.165) is 0 Å². The molecule has 208 valence electrons. The smallest absolute Gasteiger partial charge is 0.870 e. The van der Waals surface area contributed by atoms with Crippen LogP contribution in [0.2, 0.25) is 0 Å². The third-order valence-corrected chi connectivity index (χ3v) is 0. The van der Waals surface area contributed by atoms with Gasteiger partial charge in [-0.2, -0.15) is 0 Å². The molecule has 0 aromatic rings. The van der Waals surface area contributed by atoms with Crippen LogP contribution in [-0.2, 0) is 22.8 Å². The van der Waals surface area contributed by atoms with Gasteiger partial charge >= 0.3 is 121 Å². The fraction of sp³-hybridized carbons (Fsp3) is 0. The molecule has 0 spiro atoms. The molecule has 26 nitrogen and oxygen atoms in total. The van der Waals surface area contributed by atoms with Gasteiger partial charge in [-0.3, -0.25) is 0 Å². The van der Waals surface area contributed by atoms with Gasteiger partial charge in [-0.15, -0.1) is 0 Å². The number of phosphoric acid groups is 5. The molecule has 37 heteroatoms. The van der Waals surface area contributed by atoms with Crippen LogP contribution in [0.3, 0.4) is 0 Å². The summed E-state index contributed by atoms with van der Waals surface area (Å²) in [6.07, 6.45) is 0. The van der Waals surface area contributed by atoms with E-state index in [0.29, 0.717) is 0 Å². The second-order valence-corrected chi connectivity index (χ2v) is 7.03. The van der Waals surface area contributed by atoms with Crippen LogP contribution in [0.4, 0.5) is 0 Å². The number of rotatable bonds is 0. The van der Waals surface area contributed by atoms with E-state index in [4.69, 9.17) is 96.2 Å². The zero-order chi connectivity index (χ0) is 22.5. The SMILES string of the molecule is O.O=P([O-])([O-])O.O=P([O-])([O-])O.O=P([O-])([O-])O.O=P([O-])([O-])O.O=P([O-])([O-])O.[Al+3].[Al+3].[Al+3].[Mg+2].[Mg+2].[Mg+2].[OH-].[OH-].[OH-].[OH-].[OH-]. The van der Waals surface area contributed by atoms with Gasteiger partial charge in [0.15, 0.2) is 0 Å². The van der Waals surface area contributed by atoms with Crippen LogP contribution in [0, 0.1) is 0 Å². The van der Waals surface area contributed by atoms with Crippen molar-refractivity contribution in [2.45, 2.75) is 0 Å². The Morgan fingerprint density at radius 2 is 0.324 bits per heavy atom. The largest absolute Gasteiger partial charge is 3.00 e. The van der Waals surface area contributed by atoms with E-state index in [1.54, 1.807) is 0 Å². The Bertz CT molecular complexity index is 396. The van der Waals surface area contributed by atoms with Gasteiger partial charge in [0.25, 0.3) is 0 Å². The minimum absolute atomic E-state index is 0. The molecular weight excluding hydrogens is 725 g/mol. The van der Waals surface area contributed by atoms with Gasteiger partial charge in [-0.1, -0.05) is 0 Å². The second-order valence-electron chi connectivity index (χ2n) is 2.34. The second kappa shape index (κ2) is 52.8. The van der Waals surface area contributed by atoms with Crippen molar-refractivity contribution in [1.29, 1.82) is 0 Å². The third kappa shape index (κ3) is 3320. The molecule has 0 amide bonds. The monoisotopic (exact) mass is 736 g/mol. The minimum atomic E-state index is -5.14. The van der Waals surface area contributed by atoms with Gasteiger partial charge in [-0.05, 0) is 0 Å². The Kier molecular flexibility index (Phi) is 162. The van der Waals surface area contributed by atoms with Crippen molar-refractivity contribution in [3.05, 3.63) is 0 Å². The summed E-state index contributed by atoms with van der Waals surface area (Å²) in [4.78, 5) is 121. The van der Waals surface area contributed by atoms with E-state index >= 15 is 0 Å². The first-order valence-corrected chi connectivity index (χ1v) is 11.2. The molecule has 0 saturated heterocycles. The summed E-state index contributed by atoms with van der Waals surface area (Å²) in [5.74, 6) is 0. The predicted molar refractivity (Wildman–Crippen MR) is 96.9 cm³/mol. The molecule has 0 bridgehead atoms. The van der Waals surface area contributed by atoms with Gasteiger partial charge in [0.05, 0.1) is 39.1 Å². The number of hydrogen-bond acceptors (Lipinski definition) is 20. The van der Waals surface area contributed by atoms with Crippen molar-refractivity contribution < 1.29 is 129 Å². The topological polar surface area (TPSA) is 599 Å². The van der Waals surface area contributed by atoms with E-state index in [1.165, 1.54) is 0 Å². The molecule has 0 saturated carbocycles. The van der Waals surface area contributed by atoms with Crippen molar-refractivity contribution in [3.63, 3.8) is 0 Å². The average Bonchev–Trinajstić information content (AvgIpc) is 1.79. The van der Waals surface area contributed by atoms with Gasteiger partial charge in [0.1, 0.15) is 0 Å². The van der Waals surface area contributed by atoms with E-state index < -0.39 is 39.1 Å². The molecule has 0 atom stereocenters. The first-order valence-electron chi connectivity index (χ1n) is 3.74. The maximum Gasteiger partial charge on any atom is 3.00 e. The summed E-state index contributed by atoms with van der Waals surface area (Å²) < 4.78 is 43.3. The Hall–Kier alpha value is 4.21. The maximum absolute atomic E-state index is 8.66. The summed E-state index contributed by atoms with van der Waals surface area (Å²) in [5, 5.41) is 0. The van der Waals surface area contributed by atoms with Crippen LogP contribution in [-0.4, -0.2) is 179 Å². The molecule has 0 rings (SSSR count). The molecule has 0 heterocycles. The normalized spacial score (nSPS) is 7.97. The molecule has 0 fully saturated rings. The first kappa shape index (κ1) is 114. The summed E-state index contributed by atoms with van der Waals surface area (Å²) in [7, 11) is -25.7. The van der Waals surface area contributed by atoms with Crippen LogP contribution >= 0.6 is 39.1 Å². The molecule has 0 aromatic heterocycles. The Morgan fingerprint density at radius 1 is 0.324 bits per heavy atom. The Morgan fingerprint density at radius 3 is 0.324 bits per heavy atom. The standard InChI is InChI=1S/3Al.3Mg.5H3O4P.6H2O/c;;;;;;5*1-5(2,3)4;;;;;;/h;;;;;;5*(H3,1,2,3,4);6*1H2/q3*+3;3*+2;;;;;;;;;;;/p-15. The van der Waals surface area contributed by atoms with Gasteiger partial charge in [0.2, 0.25) is 0 Å². The van der Waals surface area contributed by atoms with Crippen LogP contribution in [0.5, 0.6) is 0 Å². The van der Waals surface area contributed by atoms with Crippen LogP contribution in [0.25, 0.3) is 0 Å². The Labute approximate surface area is 286 Å². The van der Waals surface area contributed by atoms with E-state index in [9.17, 15) is 0 Å². The zero-order valence-electron chi connectivity index (χ0n) is 17.2. The molecule has 0 aliphatic carbocycles. The molecule has 37 heavy (non-hydrogen) atoms. The van der Waals surface area contributed by atoms with Gasteiger partial charge in [-0.25, -0.2) is 0 Å². The summed E-state index contributed by atoms with van der Waals surface area (Å²) >= 11 is 0. The van der Waals surface area contributed by atoms with Crippen molar-refractivity contribution in [2.24, 2.45) is 0 Å². The summed E-state index contributed by atoms with van der Waals surface area (Å²) in [6.45, 7) is 0.